The van der Waals surface area contributed by atoms with Crippen molar-refractivity contribution >= 4 is 23.6 Å². The third kappa shape index (κ3) is 5.80. The first-order chi connectivity index (χ1) is 12.4. The monoisotopic (exact) mass is 376 g/mol. The number of aryl methyl sites for hydroxylation is 2. The number of hydrogen-bond donors (Lipinski definition) is 2. The van der Waals surface area contributed by atoms with Crippen LogP contribution in [0.4, 0.5) is 4.39 Å². The molecule has 0 bridgehead atoms. The lowest BCUT2D eigenvalue weighted by atomic mass is 10.1. The van der Waals surface area contributed by atoms with Crippen LogP contribution in [0.1, 0.15) is 28.9 Å². The second-order valence-corrected chi connectivity index (χ2v) is 6.53. The lowest BCUT2D eigenvalue weighted by Crippen LogP contribution is -2.42. The summed E-state index contributed by atoms with van der Waals surface area (Å²) in [5.74, 6) is -1.03. The van der Waals surface area contributed by atoms with Crippen LogP contribution in [0.25, 0.3) is 0 Å². The fourth-order valence-electron chi connectivity index (χ4n) is 2.43. The van der Waals surface area contributed by atoms with Gasteiger partial charge in [-0.15, -0.1) is 0 Å². The van der Waals surface area contributed by atoms with Crippen molar-refractivity contribution in [1.82, 2.24) is 20.8 Å². The highest BCUT2D eigenvalue weighted by atomic mass is 32.2. The van der Waals surface area contributed by atoms with Gasteiger partial charge in [0.25, 0.3) is 0 Å². The predicted octanol–water partition coefficient (Wildman–Crippen LogP) is 2.28. The highest BCUT2D eigenvalue weighted by Gasteiger charge is 2.11. The van der Waals surface area contributed by atoms with Crippen LogP contribution in [-0.4, -0.2) is 28.0 Å². The Kier molecular flexibility index (Phi) is 7.08. The van der Waals surface area contributed by atoms with Crippen molar-refractivity contribution in [2.24, 2.45) is 0 Å². The fraction of sp³-hybridized carbons (Fsp3) is 0.333. The maximum absolute atomic E-state index is 12.8. The van der Waals surface area contributed by atoms with Crippen molar-refractivity contribution in [3.63, 3.8) is 0 Å². The molecule has 0 aliphatic carbocycles. The summed E-state index contributed by atoms with van der Waals surface area (Å²) in [6.07, 6.45) is 2.67. The topological polar surface area (TPSA) is 84.0 Å². The minimum atomic E-state index is -0.370. The zero-order chi connectivity index (χ0) is 19.1. The smallest absolute Gasteiger partial charge is 0.242 e. The van der Waals surface area contributed by atoms with Crippen LogP contribution >= 0.6 is 11.8 Å². The largest absolute Gasteiger partial charge is 0.273 e. The van der Waals surface area contributed by atoms with E-state index in [1.165, 1.54) is 36.0 Å². The molecule has 0 unspecified atom stereocenters. The van der Waals surface area contributed by atoms with Crippen LogP contribution in [0, 0.1) is 19.7 Å². The van der Waals surface area contributed by atoms with E-state index in [9.17, 15) is 14.0 Å². The number of thioether (sulfide) groups is 1. The molecule has 1 heterocycles. The molecule has 0 saturated carbocycles. The molecule has 138 valence electrons. The maximum Gasteiger partial charge on any atom is 0.242 e. The van der Waals surface area contributed by atoms with E-state index in [4.69, 9.17) is 0 Å². The molecule has 0 spiro atoms. The quantitative estimate of drug-likeness (QED) is 0.459. The van der Waals surface area contributed by atoms with Gasteiger partial charge in [-0.3, -0.25) is 20.4 Å². The normalized spacial score (nSPS) is 10.5. The van der Waals surface area contributed by atoms with Crippen LogP contribution < -0.4 is 10.9 Å². The Labute approximate surface area is 156 Å². The van der Waals surface area contributed by atoms with E-state index in [1.54, 1.807) is 0 Å². The molecule has 1 aromatic heterocycles. The van der Waals surface area contributed by atoms with Crippen molar-refractivity contribution in [1.29, 1.82) is 0 Å². The van der Waals surface area contributed by atoms with E-state index in [0.717, 1.165) is 17.0 Å². The SMILES string of the molecule is CSc1nc(C)c(CCC(=O)NNC(=O)Cc2ccc(F)cc2)c(C)n1. The number of hydrazine groups is 1. The number of carbonyl (C=O) groups excluding carboxylic acids is 2. The molecule has 0 aliphatic heterocycles. The highest BCUT2D eigenvalue weighted by molar-refractivity contribution is 7.98. The third-order valence-electron chi connectivity index (χ3n) is 3.80. The Morgan fingerprint density at radius 2 is 1.62 bits per heavy atom. The van der Waals surface area contributed by atoms with E-state index in [0.29, 0.717) is 17.1 Å². The average Bonchev–Trinajstić information content (AvgIpc) is 2.61. The van der Waals surface area contributed by atoms with Crippen molar-refractivity contribution in [3.8, 4) is 0 Å². The Bertz CT molecular complexity index is 773. The molecule has 6 nitrogen and oxygen atoms in total. The van der Waals surface area contributed by atoms with Gasteiger partial charge in [0.2, 0.25) is 11.8 Å². The van der Waals surface area contributed by atoms with E-state index in [-0.39, 0.29) is 30.5 Å². The number of carbonyl (C=O) groups is 2. The van der Waals surface area contributed by atoms with Crippen molar-refractivity contribution in [2.45, 2.75) is 38.3 Å². The van der Waals surface area contributed by atoms with Gasteiger partial charge in [0.1, 0.15) is 5.82 Å². The fourth-order valence-corrected chi connectivity index (χ4v) is 2.89. The van der Waals surface area contributed by atoms with Crippen LogP contribution in [0.2, 0.25) is 0 Å². The Morgan fingerprint density at radius 1 is 1.04 bits per heavy atom. The number of benzene rings is 1. The summed E-state index contributed by atoms with van der Waals surface area (Å²) in [4.78, 5) is 32.5. The number of aromatic nitrogens is 2. The van der Waals surface area contributed by atoms with Gasteiger partial charge >= 0.3 is 0 Å². The molecular formula is C18H21FN4O2S. The second kappa shape index (κ2) is 9.28. The van der Waals surface area contributed by atoms with Crippen molar-refractivity contribution < 1.29 is 14.0 Å². The van der Waals surface area contributed by atoms with E-state index in [2.05, 4.69) is 20.8 Å². The minimum Gasteiger partial charge on any atom is -0.273 e. The first-order valence-corrected chi connectivity index (χ1v) is 9.31. The zero-order valence-electron chi connectivity index (χ0n) is 14.9. The molecule has 0 saturated heterocycles. The van der Waals surface area contributed by atoms with Crippen LogP contribution in [-0.2, 0) is 22.4 Å². The summed E-state index contributed by atoms with van der Waals surface area (Å²) >= 11 is 1.47. The summed E-state index contributed by atoms with van der Waals surface area (Å²) < 4.78 is 12.8. The summed E-state index contributed by atoms with van der Waals surface area (Å²) in [7, 11) is 0. The van der Waals surface area contributed by atoms with E-state index in [1.807, 2.05) is 20.1 Å². The number of halogens is 1. The van der Waals surface area contributed by atoms with Crippen molar-refractivity contribution in [3.05, 3.63) is 52.6 Å². The van der Waals surface area contributed by atoms with Gasteiger partial charge in [-0.2, -0.15) is 0 Å². The second-order valence-electron chi connectivity index (χ2n) is 5.76. The molecule has 0 atom stereocenters. The van der Waals surface area contributed by atoms with E-state index < -0.39 is 0 Å². The molecular weight excluding hydrogens is 355 g/mol. The van der Waals surface area contributed by atoms with Gasteiger partial charge in [0, 0.05) is 17.8 Å². The standard InChI is InChI=1S/C18H21FN4O2S/c1-11-15(12(2)21-18(20-11)26-3)8-9-16(24)22-23-17(25)10-13-4-6-14(19)7-5-13/h4-7H,8-10H2,1-3H3,(H,22,24)(H,23,25). The van der Waals surface area contributed by atoms with E-state index >= 15 is 0 Å². The van der Waals surface area contributed by atoms with Gasteiger partial charge in [-0.25, -0.2) is 14.4 Å². The van der Waals surface area contributed by atoms with Crippen LogP contribution in [0.15, 0.2) is 29.4 Å². The first kappa shape index (κ1) is 19.8. The van der Waals surface area contributed by atoms with Gasteiger partial charge in [0.05, 0.1) is 6.42 Å². The Balaban J connectivity index is 1.80. The molecule has 0 radical (unpaired) electrons. The number of nitrogens with one attached hydrogen (secondary N) is 2. The summed E-state index contributed by atoms with van der Waals surface area (Å²) in [5, 5.41) is 0.709. The Hall–Kier alpha value is -2.48. The predicted molar refractivity (Wildman–Crippen MR) is 98.0 cm³/mol. The lowest BCUT2D eigenvalue weighted by Gasteiger charge is -2.11. The van der Waals surface area contributed by atoms with Gasteiger partial charge in [-0.05, 0) is 49.8 Å². The molecule has 8 heteroatoms. The molecule has 1 aromatic carbocycles. The summed E-state index contributed by atoms with van der Waals surface area (Å²) in [6.45, 7) is 3.79. The number of amides is 2. The maximum atomic E-state index is 12.8. The molecule has 2 rings (SSSR count). The Morgan fingerprint density at radius 3 is 2.19 bits per heavy atom. The molecule has 2 N–H and O–H groups in total. The summed E-state index contributed by atoms with van der Waals surface area (Å²) in [5.41, 5.74) is 8.07. The molecule has 2 aromatic rings. The number of nitrogens with zero attached hydrogens (tertiary/aromatic N) is 2. The minimum absolute atomic E-state index is 0.0583. The average molecular weight is 376 g/mol. The highest BCUT2D eigenvalue weighted by Crippen LogP contribution is 2.16. The molecule has 0 fully saturated rings. The lowest BCUT2D eigenvalue weighted by molar-refractivity contribution is -0.128. The van der Waals surface area contributed by atoms with Gasteiger partial charge in [0.15, 0.2) is 5.16 Å². The molecule has 0 aliphatic rings. The molecule has 2 amide bonds. The van der Waals surface area contributed by atoms with Crippen molar-refractivity contribution in [2.75, 3.05) is 6.26 Å². The van der Waals surface area contributed by atoms with Crippen LogP contribution in [0.5, 0.6) is 0 Å². The van der Waals surface area contributed by atoms with Gasteiger partial charge in [-0.1, -0.05) is 23.9 Å². The number of rotatable bonds is 6. The zero-order valence-corrected chi connectivity index (χ0v) is 15.7. The third-order valence-corrected chi connectivity index (χ3v) is 4.35. The summed E-state index contributed by atoms with van der Waals surface area (Å²) in [6, 6.07) is 5.63. The van der Waals surface area contributed by atoms with Crippen LogP contribution in [0.3, 0.4) is 0 Å². The number of hydrogen-bond acceptors (Lipinski definition) is 5. The van der Waals surface area contributed by atoms with Gasteiger partial charge < -0.3 is 0 Å². The first-order valence-electron chi connectivity index (χ1n) is 8.09. The molecule has 26 heavy (non-hydrogen) atoms.